The lowest BCUT2D eigenvalue weighted by molar-refractivity contribution is 0.0698. The normalized spacial score (nSPS) is 11.0. The van der Waals surface area contributed by atoms with Crippen molar-refractivity contribution in [2.45, 2.75) is 0 Å². The zero-order valence-corrected chi connectivity index (χ0v) is 8.03. The van der Waals surface area contributed by atoms with Crippen LogP contribution in [0.25, 0.3) is 16.6 Å². The average Bonchev–Trinajstić information content (AvgIpc) is 2.76. The van der Waals surface area contributed by atoms with Gasteiger partial charge >= 0.3 is 5.97 Å². The number of nitrogens with zero attached hydrogens (tertiary/aromatic N) is 4. The molecule has 0 fully saturated rings. The summed E-state index contributed by atoms with van der Waals surface area (Å²) in [6.45, 7) is 0. The topological polar surface area (TPSA) is 80.4 Å². The number of pyridine rings is 1. The maximum absolute atomic E-state index is 11.1. The van der Waals surface area contributed by atoms with Crippen molar-refractivity contribution >= 4 is 22.5 Å². The fraction of sp³-hybridized carbons (Fsp3) is 0. The van der Waals surface area contributed by atoms with Crippen LogP contribution in [0.3, 0.4) is 0 Å². The lowest BCUT2D eigenvalue weighted by atomic mass is 10.1. The number of para-hydroxylation sites is 1. The van der Waals surface area contributed by atoms with Gasteiger partial charge in [-0.15, -0.1) is 5.10 Å². The summed E-state index contributed by atoms with van der Waals surface area (Å²) in [5, 5.41) is 21.0. The molecule has 16 heavy (non-hydrogen) atoms. The summed E-state index contributed by atoms with van der Waals surface area (Å²) in [7, 11) is 0. The van der Waals surface area contributed by atoms with Gasteiger partial charge in [0.1, 0.15) is 0 Å². The van der Waals surface area contributed by atoms with Crippen LogP contribution >= 0.6 is 0 Å². The second-order valence-corrected chi connectivity index (χ2v) is 3.33. The van der Waals surface area contributed by atoms with Gasteiger partial charge in [-0.3, -0.25) is 0 Å². The van der Waals surface area contributed by atoms with Crippen molar-refractivity contribution in [1.29, 1.82) is 0 Å². The Morgan fingerprint density at radius 1 is 1.25 bits per heavy atom. The summed E-state index contributed by atoms with van der Waals surface area (Å²) in [4.78, 5) is 11.1. The van der Waals surface area contributed by atoms with E-state index in [0.29, 0.717) is 11.2 Å². The number of fused-ring (bicyclic) bond motifs is 3. The van der Waals surface area contributed by atoms with Gasteiger partial charge in [-0.05, 0) is 28.6 Å². The Morgan fingerprint density at radius 3 is 2.94 bits per heavy atom. The van der Waals surface area contributed by atoms with Gasteiger partial charge in [0.2, 0.25) is 0 Å². The highest BCUT2D eigenvalue weighted by atomic mass is 16.4. The van der Waals surface area contributed by atoms with Crippen molar-refractivity contribution in [2.75, 3.05) is 0 Å². The number of hydrogen-bond donors (Lipinski definition) is 1. The number of carboxylic acids is 1. The minimum atomic E-state index is -0.992. The highest BCUT2D eigenvalue weighted by Gasteiger charge is 2.12. The standard InChI is InChI=1S/C10H6N4O2/c15-10(16)7-3-1-2-6-4-5-8-11-12-13-14(8)9(6)7/h1-5H,(H,15,16). The highest BCUT2D eigenvalue weighted by molar-refractivity contribution is 6.02. The Morgan fingerprint density at radius 2 is 2.12 bits per heavy atom. The van der Waals surface area contributed by atoms with Crippen molar-refractivity contribution in [3.63, 3.8) is 0 Å². The fourth-order valence-corrected chi connectivity index (χ4v) is 1.73. The molecule has 0 aliphatic carbocycles. The Hall–Kier alpha value is -2.50. The number of rotatable bonds is 1. The number of hydrogen-bond acceptors (Lipinski definition) is 4. The molecular formula is C10H6N4O2. The van der Waals surface area contributed by atoms with Crippen LogP contribution in [-0.4, -0.2) is 31.1 Å². The minimum Gasteiger partial charge on any atom is -0.478 e. The van der Waals surface area contributed by atoms with E-state index in [9.17, 15) is 4.79 Å². The molecule has 0 amide bonds. The zero-order chi connectivity index (χ0) is 11.1. The smallest absolute Gasteiger partial charge is 0.337 e. The van der Waals surface area contributed by atoms with Gasteiger partial charge in [-0.25, -0.2) is 4.79 Å². The van der Waals surface area contributed by atoms with Crippen molar-refractivity contribution in [2.24, 2.45) is 0 Å². The SMILES string of the molecule is O=C(O)c1cccc2ccc3nnnn3c12. The summed E-state index contributed by atoms with van der Waals surface area (Å²) in [6, 6.07) is 8.60. The molecule has 2 heterocycles. The first kappa shape index (κ1) is 8.78. The molecule has 1 aromatic carbocycles. The van der Waals surface area contributed by atoms with E-state index in [0.717, 1.165) is 5.39 Å². The molecule has 0 spiro atoms. The lowest BCUT2D eigenvalue weighted by Gasteiger charge is -2.02. The molecule has 6 heteroatoms. The van der Waals surface area contributed by atoms with Crippen molar-refractivity contribution in [3.8, 4) is 0 Å². The number of aromatic nitrogens is 4. The molecule has 1 N–H and O–H groups in total. The Balaban J connectivity index is 2.59. The summed E-state index contributed by atoms with van der Waals surface area (Å²) < 4.78 is 1.43. The number of tetrazole rings is 1. The van der Waals surface area contributed by atoms with E-state index in [1.807, 2.05) is 6.07 Å². The Labute approximate surface area is 89.1 Å². The van der Waals surface area contributed by atoms with Crippen molar-refractivity contribution in [3.05, 3.63) is 35.9 Å². The molecule has 0 atom stereocenters. The van der Waals surface area contributed by atoms with Gasteiger partial charge in [0.05, 0.1) is 11.1 Å². The number of carbonyl (C=O) groups is 1. The first-order chi connectivity index (χ1) is 7.77. The van der Waals surface area contributed by atoms with Gasteiger partial charge in [0, 0.05) is 5.39 Å². The molecular weight excluding hydrogens is 208 g/mol. The van der Waals surface area contributed by atoms with Crippen molar-refractivity contribution in [1.82, 2.24) is 20.0 Å². The third-order valence-corrected chi connectivity index (χ3v) is 2.42. The number of carboxylic acid groups (broad SMARTS) is 1. The second kappa shape index (κ2) is 2.99. The van der Waals surface area contributed by atoms with Crippen LogP contribution in [0, 0.1) is 0 Å². The molecule has 3 aromatic rings. The van der Waals surface area contributed by atoms with E-state index in [-0.39, 0.29) is 5.56 Å². The van der Waals surface area contributed by atoms with E-state index in [4.69, 9.17) is 5.11 Å². The van der Waals surface area contributed by atoms with E-state index < -0.39 is 5.97 Å². The molecule has 0 aliphatic heterocycles. The lowest BCUT2D eigenvalue weighted by Crippen LogP contribution is -2.02. The van der Waals surface area contributed by atoms with Crippen LogP contribution in [0.15, 0.2) is 30.3 Å². The summed E-state index contributed by atoms with van der Waals surface area (Å²) in [5.41, 5.74) is 1.23. The monoisotopic (exact) mass is 214 g/mol. The maximum atomic E-state index is 11.1. The van der Waals surface area contributed by atoms with E-state index >= 15 is 0 Å². The molecule has 6 nitrogen and oxygen atoms in total. The molecule has 2 aromatic heterocycles. The van der Waals surface area contributed by atoms with Crippen LogP contribution in [0.5, 0.6) is 0 Å². The van der Waals surface area contributed by atoms with Gasteiger partial charge < -0.3 is 5.11 Å². The predicted octanol–water partition coefficient (Wildman–Crippen LogP) is 0.976. The van der Waals surface area contributed by atoms with Gasteiger partial charge in [-0.1, -0.05) is 12.1 Å². The molecule has 0 saturated heterocycles. The number of benzene rings is 1. The summed E-state index contributed by atoms with van der Waals surface area (Å²) >= 11 is 0. The highest BCUT2D eigenvalue weighted by Crippen LogP contribution is 2.19. The first-order valence-corrected chi connectivity index (χ1v) is 4.60. The second-order valence-electron chi connectivity index (χ2n) is 3.33. The molecule has 0 bridgehead atoms. The third kappa shape index (κ3) is 1.07. The molecule has 0 aliphatic rings. The Kier molecular flexibility index (Phi) is 1.64. The Bertz CT molecular complexity index is 704. The average molecular weight is 214 g/mol. The molecule has 0 radical (unpaired) electrons. The van der Waals surface area contributed by atoms with E-state index in [2.05, 4.69) is 15.5 Å². The van der Waals surface area contributed by atoms with E-state index in [1.54, 1.807) is 18.2 Å². The van der Waals surface area contributed by atoms with Gasteiger partial charge in [0.25, 0.3) is 0 Å². The molecule has 0 unspecified atom stereocenters. The van der Waals surface area contributed by atoms with Crippen LogP contribution in [0.2, 0.25) is 0 Å². The zero-order valence-electron chi connectivity index (χ0n) is 8.03. The summed E-state index contributed by atoms with van der Waals surface area (Å²) in [5.74, 6) is -0.992. The van der Waals surface area contributed by atoms with Gasteiger partial charge in [0.15, 0.2) is 5.65 Å². The van der Waals surface area contributed by atoms with E-state index in [1.165, 1.54) is 10.6 Å². The van der Waals surface area contributed by atoms with Crippen LogP contribution in [0.4, 0.5) is 0 Å². The van der Waals surface area contributed by atoms with Gasteiger partial charge in [-0.2, -0.15) is 4.52 Å². The summed E-state index contributed by atoms with van der Waals surface area (Å²) in [6.07, 6.45) is 0. The quantitative estimate of drug-likeness (QED) is 0.653. The first-order valence-electron chi connectivity index (χ1n) is 4.60. The third-order valence-electron chi connectivity index (χ3n) is 2.42. The number of aromatic carboxylic acids is 1. The van der Waals surface area contributed by atoms with Crippen molar-refractivity contribution < 1.29 is 9.90 Å². The fourth-order valence-electron chi connectivity index (χ4n) is 1.73. The molecule has 78 valence electrons. The predicted molar refractivity (Wildman–Crippen MR) is 55.2 cm³/mol. The molecule has 0 saturated carbocycles. The van der Waals surface area contributed by atoms with Crippen LogP contribution in [0.1, 0.15) is 10.4 Å². The maximum Gasteiger partial charge on any atom is 0.337 e. The minimum absolute atomic E-state index is 0.190. The van der Waals surface area contributed by atoms with Crippen LogP contribution < -0.4 is 0 Å². The molecule has 3 rings (SSSR count). The largest absolute Gasteiger partial charge is 0.478 e. The van der Waals surface area contributed by atoms with Crippen LogP contribution in [-0.2, 0) is 0 Å².